The molecule has 2 aromatic carbocycles. The monoisotopic (exact) mass is 474 g/mol. The minimum atomic E-state index is -3.32. The zero-order chi connectivity index (χ0) is 24.8. The van der Waals surface area contributed by atoms with E-state index >= 15 is 0 Å². The lowest BCUT2D eigenvalue weighted by Crippen LogP contribution is -2.19. The molecule has 0 saturated heterocycles. The maximum Gasteiger partial charge on any atom is 0.196 e. The van der Waals surface area contributed by atoms with Gasteiger partial charge in [0, 0.05) is 0 Å². The minimum Gasteiger partial charge on any atom is -0.465 e. The van der Waals surface area contributed by atoms with Crippen molar-refractivity contribution < 1.29 is 17.9 Å². The number of hydrogen-bond donors (Lipinski definition) is 0. The molecule has 184 valence electrons. The first kappa shape index (κ1) is 27.4. The molecule has 0 fully saturated rings. The van der Waals surface area contributed by atoms with Gasteiger partial charge in [0.1, 0.15) is 5.75 Å². The summed E-state index contributed by atoms with van der Waals surface area (Å²) >= 11 is 0. The average Bonchev–Trinajstić information content (AvgIpc) is 2.69. The summed E-state index contributed by atoms with van der Waals surface area (Å²) in [6.45, 7) is 17.4. The van der Waals surface area contributed by atoms with Crippen LogP contribution in [-0.2, 0) is 14.6 Å². The van der Waals surface area contributed by atoms with E-state index in [1.165, 1.54) is 5.56 Å². The number of sulfone groups is 1. The number of benzene rings is 2. The molecule has 0 aliphatic rings. The molecule has 5 heteroatoms. The molecule has 2 rings (SSSR count). The van der Waals surface area contributed by atoms with Gasteiger partial charge in [0.25, 0.3) is 0 Å². The Labute approximate surface area is 201 Å². The van der Waals surface area contributed by atoms with Crippen molar-refractivity contribution in [2.75, 3.05) is 12.4 Å². The van der Waals surface area contributed by atoms with Crippen LogP contribution in [0.25, 0.3) is 0 Å². The highest BCUT2D eigenvalue weighted by atomic mass is 32.2. The van der Waals surface area contributed by atoms with E-state index in [1.54, 1.807) is 6.07 Å². The van der Waals surface area contributed by atoms with E-state index in [-0.39, 0.29) is 11.2 Å². The second kappa shape index (κ2) is 11.5. The van der Waals surface area contributed by atoms with Crippen LogP contribution in [0.15, 0.2) is 47.4 Å². The number of rotatable bonds is 11. The third-order valence-electron chi connectivity index (χ3n) is 5.82. The molecule has 0 N–H and O–H groups in total. The van der Waals surface area contributed by atoms with Gasteiger partial charge < -0.3 is 9.47 Å². The van der Waals surface area contributed by atoms with Crippen LogP contribution in [0.1, 0.15) is 77.0 Å². The van der Waals surface area contributed by atoms with E-state index in [0.717, 1.165) is 23.3 Å². The summed E-state index contributed by atoms with van der Waals surface area (Å²) in [5.41, 5.74) is 3.45. The third kappa shape index (κ3) is 8.78. The van der Waals surface area contributed by atoms with Crippen molar-refractivity contribution in [1.82, 2.24) is 0 Å². The molecular weight excluding hydrogens is 432 g/mol. The SMILES string of the molecule is Cc1ccc(S(=O)(=O)CCCOC(C)Oc2ccc(C(CC(C)(C)C)C(C)C)cc2)c(C)c1. The van der Waals surface area contributed by atoms with Crippen molar-refractivity contribution in [3.8, 4) is 5.75 Å². The molecule has 0 saturated carbocycles. The predicted octanol–water partition coefficient (Wildman–Crippen LogP) is 7.08. The molecule has 2 atom stereocenters. The summed E-state index contributed by atoms with van der Waals surface area (Å²) in [5.74, 6) is 1.89. The van der Waals surface area contributed by atoms with Gasteiger partial charge in [-0.3, -0.25) is 0 Å². The lowest BCUT2D eigenvalue weighted by molar-refractivity contribution is -0.0661. The topological polar surface area (TPSA) is 52.6 Å². The zero-order valence-corrected chi connectivity index (χ0v) is 22.5. The molecule has 0 aliphatic heterocycles. The molecule has 0 bridgehead atoms. The van der Waals surface area contributed by atoms with Crippen molar-refractivity contribution >= 4 is 9.84 Å². The highest BCUT2D eigenvalue weighted by Crippen LogP contribution is 2.36. The molecule has 33 heavy (non-hydrogen) atoms. The Morgan fingerprint density at radius 3 is 2.12 bits per heavy atom. The molecular formula is C28H42O4S. The Balaban J connectivity index is 1.85. The first-order chi connectivity index (χ1) is 15.3. The van der Waals surface area contributed by atoms with E-state index in [0.29, 0.717) is 29.8 Å². The van der Waals surface area contributed by atoms with E-state index in [9.17, 15) is 8.42 Å². The quantitative estimate of drug-likeness (QED) is 0.258. The van der Waals surface area contributed by atoms with Crippen molar-refractivity contribution in [3.63, 3.8) is 0 Å². The Bertz CT molecular complexity index is 986. The standard InChI is InChI=1S/C28H42O4S/c1-20(2)26(19-28(6,7)8)24-11-13-25(14-12-24)32-23(5)31-16-9-17-33(29,30)27-15-10-21(3)18-22(27)4/h10-15,18,20,23,26H,9,16-17,19H2,1-8H3. The van der Waals surface area contributed by atoms with E-state index in [2.05, 4.69) is 46.8 Å². The smallest absolute Gasteiger partial charge is 0.196 e. The summed E-state index contributed by atoms with van der Waals surface area (Å²) in [5, 5.41) is 0. The van der Waals surface area contributed by atoms with Crippen LogP contribution < -0.4 is 4.74 Å². The molecule has 0 aliphatic carbocycles. The van der Waals surface area contributed by atoms with Gasteiger partial charge >= 0.3 is 0 Å². The molecule has 0 heterocycles. The molecule has 0 aromatic heterocycles. The zero-order valence-electron chi connectivity index (χ0n) is 21.6. The minimum absolute atomic E-state index is 0.0582. The molecule has 2 aromatic rings. The molecule has 2 unspecified atom stereocenters. The van der Waals surface area contributed by atoms with Gasteiger partial charge in [0.05, 0.1) is 17.3 Å². The van der Waals surface area contributed by atoms with E-state index in [1.807, 2.05) is 45.0 Å². The average molecular weight is 475 g/mol. The lowest BCUT2D eigenvalue weighted by atomic mass is 9.76. The predicted molar refractivity (Wildman–Crippen MR) is 137 cm³/mol. The second-order valence-corrected chi connectivity index (χ2v) is 12.8. The van der Waals surface area contributed by atoms with Crippen LogP contribution in [0.5, 0.6) is 5.75 Å². The van der Waals surface area contributed by atoms with Crippen molar-refractivity contribution in [2.24, 2.45) is 11.3 Å². The van der Waals surface area contributed by atoms with Crippen LogP contribution in [0.3, 0.4) is 0 Å². The fourth-order valence-electron chi connectivity index (χ4n) is 4.17. The fraction of sp³-hybridized carbons (Fsp3) is 0.571. The maximum atomic E-state index is 12.6. The second-order valence-electron chi connectivity index (χ2n) is 10.7. The van der Waals surface area contributed by atoms with Crippen LogP contribution in [0.4, 0.5) is 0 Å². The van der Waals surface area contributed by atoms with Gasteiger partial charge in [-0.25, -0.2) is 8.42 Å². The Hall–Kier alpha value is -1.85. The number of ether oxygens (including phenoxy) is 2. The summed E-state index contributed by atoms with van der Waals surface area (Å²) < 4.78 is 36.9. The van der Waals surface area contributed by atoms with Crippen molar-refractivity contribution in [3.05, 3.63) is 59.2 Å². The summed E-state index contributed by atoms with van der Waals surface area (Å²) in [6, 6.07) is 13.7. The Kier molecular flexibility index (Phi) is 9.57. The van der Waals surface area contributed by atoms with Crippen molar-refractivity contribution in [2.45, 2.75) is 85.3 Å². The third-order valence-corrected chi connectivity index (χ3v) is 7.78. The summed E-state index contributed by atoms with van der Waals surface area (Å²) in [7, 11) is -3.32. The first-order valence-electron chi connectivity index (χ1n) is 12.0. The van der Waals surface area contributed by atoms with E-state index in [4.69, 9.17) is 9.47 Å². The van der Waals surface area contributed by atoms with Gasteiger partial charge in [-0.05, 0) is 80.2 Å². The van der Waals surface area contributed by atoms with Crippen LogP contribution in [0.2, 0.25) is 0 Å². The summed E-state index contributed by atoms with van der Waals surface area (Å²) in [6.07, 6.45) is 1.11. The Morgan fingerprint density at radius 2 is 1.58 bits per heavy atom. The van der Waals surface area contributed by atoms with Crippen LogP contribution in [0, 0.1) is 25.2 Å². The number of aryl methyl sites for hydroxylation is 2. The lowest BCUT2D eigenvalue weighted by Gasteiger charge is -2.29. The molecule has 0 radical (unpaired) electrons. The normalized spacial score (nSPS) is 14.3. The molecule has 0 amide bonds. The van der Waals surface area contributed by atoms with Crippen LogP contribution >= 0.6 is 0 Å². The fourth-order valence-corrected chi connectivity index (χ4v) is 5.72. The number of hydrogen-bond acceptors (Lipinski definition) is 4. The van der Waals surface area contributed by atoms with Crippen LogP contribution in [-0.4, -0.2) is 27.1 Å². The maximum absolute atomic E-state index is 12.6. The molecule has 0 spiro atoms. The highest BCUT2D eigenvalue weighted by molar-refractivity contribution is 7.91. The van der Waals surface area contributed by atoms with Gasteiger partial charge in [-0.1, -0.05) is 64.4 Å². The Morgan fingerprint density at radius 1 is 0.939 bits per heavy atom. The van der Waals surface area contributed by atoms with Gasteiger partial charge in [-0.2, -0.15) is 0 Å². The highest BCUT2D eigenvalue weighted by Gasteiger charge is 2.23. The first-order valence-corrected chi connectivity index (χ1v) is 13.6. The summed E-state index contributed by atoms with van der Waals surface area (Å²) in [4.78, 5) is 0.406. The van der Waals surface area contributed by atoms with Gasteiger partial charge in [-0.15, -0.1) is 0 Å². The largest absolute Gasteiger partial charge is 0.465 e. The van der Waals surface area contributed by atoms with E-state index < -0.39 is 16.1 Å². The van der Waals surface area contributed by atoms with Crippen molar-refractivity contribution in [1.29, 1.82) is 0 Å². The van der Waals surface area contributed by atoms with Gasteiger partial charge in [0.15, 0.2) is 16.1 Å². The molecule has 4 nitrogen and oxygen atoms in total. The van der Waals surface area contributed by atoms with Gasteiger partial charge in [0.2, 0.25) is 0 Å².